The van der Waals surface area contributed by atoms with Crippen molar-refractivity contribution in [2.45, 2.75) is 12.5 Å². The summed E-state index contributed by atoms with van der Waals surface area (Å²) in [6.45, 7) is 1.53. The molecular formula is C23H19NO5. The molecule has 0 spiro atoms. The molecule has 0 saturated heterocycles. The lowest BCUT2D eigenvalue weighted by molar-refractivity contribution is -0.152. The summed E-state index contributed by atoms with van der Waals surface area (Å²) >= 11 is 0. The van der Waals surface area contributed by atoms with Crippen LogP contribution < -0.4 is 4.74 Å². The van der Waals surface area contributed by atoms with Gasteiger partial charge in [0.15, 0.2) is 5.54 Å². The van der Waals surface area contributed by atoms with E-state index in [9.17, 15) is 14.4 Å². The number of imide groups is 1. The molecule has 0 N–H and O–H groups in total. The Labute approximate surface area is 167 Å². The molecule has 1 aliphatic heterocycles. The molecule has 1 atom stereocenters. The van der Waals surface area contributed by atoms with Gasteiger partial charge in [0.05, 0.1) is 25.3 Å². The summed E-state index contributed by atoms with van der Waals surface area (Å²) in [7, 11) is 2.83. The van der Waals surface area contributed by atoms with E-state index in [1.807, 2.05) is 24.3 Å². The fourth-order valence-corrected chi connectivity index (χ4v) is 3.79. The van der Waals surface area contributed by atoms with Crippen LogP contribution in [0.4, 0.5) is 0 Å². The van der Waals surface area contributed by atoms with E-state index in [0.717, 1.165) is 15.7 Å². The van der Waals surface area contributed by atoms with Crippen LogP contribution in [0.5, 0.6) is 5.75 Å². The molecule has 3 aromatic rings. The van der Waals surface area contributed by atoms with Gasteiger partial charge in [-0.05, 0) is 53.6 Å². The number of carbonyl (C=O) groups excluding carboxylic acids is 3. The van der Waals surface area contributed by atoms with Crippen molar-refractivity contribution in [3.63, 3.8) is 0 Å². The predicted octanol–water partition coefficient (Wildman–Crippen LogP) is 3.53. The third kappa shape index (κ3) is 2.68. The number of benzene rings is 3. The lowest BCUT2D eigenvalue weighted by atomic mass is 9.88. The largest absolute Gasteiger partial charge is 0.497 e. The zero-order chi connectivity index (χ0) is 20.8. The van der Waals surface area contributed by atoms with Gasteiger partial charge in [-0.2, -0.15) is 0 Å². The fraction of sp³-hybridized carbons (Fsp3) is 0.174. The average Bonchev–Trinajstić information content (AvgIpc) is 3.02. The van der Waals surface area contributed by atoms with Gasteiger partial charge in [-0.15, -0.1) is 0 Å². The quantitative estimate of drug-likeness (QED) is 0.504. The second kappa shape index (κ2) is 6.74. The third-order valence-corrected chi connectivity index (χ3v) is 5.43. The van der Waals surface area contributed by atoms with E-state index in [-0.39, 0.29) is 11.1 Å². The van der Waals surface area contributed by atoms with E-state index in [4.69, 9.17) is 9.47 Å². The number of hydrogen-bond donors (Lipinski definition) is 0. The molecule has 0 radical (unpaired) electrons. The molecule has 1 unspecified atom stereocenters. The van der Waals surface area contributed by atoms with Crippen LogP contribution in [-0.4, -0.2) is 36.9 Å². The molecule has 0 bridgehead atoms. The van der Waals surface area contributed by atoms with Crippen LogP contribution >= 0.6 is 0 Å². The summed E-state index contributed by atoms with van der Waals surface area (Å²) in [6.07, 6.45) is 0. The molecule has 6 heteroatoms. The van der Waals surface area contributed by atoms with Gasteiger partial charge in [0.25, 0.3) is 11.8 Å². The molecule has 1 heterocycles. The number of carbonyl (C=O) groups is 3. The molecule has 29 heavy (non-hydrogen) atoms. The average molecular weight is 389 g/mol. The molecule has 4 rings (SSSR count). The number of nitrogens with zero attached hydrogens (tertiary/aromatic N) is 1. The van der Waals surface area contributed by atoms with Crippen LogP contribution in [-0.2, 0) is 15.1 Å². The molecule has 0 aliphatic carbocycles. The van der Waals surface area contributed by atoms with Gasteiger partial charge in [-0.3, -0.25) is 14.5 Å². The molecule has 0 aromatic heterocycles. The van der Waals surface area contributed by atoms with E-state index in [2.05, 4.69) is 0 Å². The lowest BCUT2D eigenvalue weighted by Crippen LogP contribution is -2.53. The minimum Gasteiger partial charge on any atom is -0.497 e. The number of hydrogen-bond acceptors (Lipinski definition) is 5. The topological polar surface area (TPSA) is 72.9 Å². The van der Waals surface area contributed by atoms with Crippen LogP contribution in [0.3, 0.4) is 0 Å². The lowest BCUT2D eigenvalue weighted by Gasteiger charge is -2.35. The molecular weight excluding hydrogens is 370 g/mol. The maximum Gasteiger partial charge on any atom is 0.336 e. The molecule has 0 saturated carbocycles. The van der Waals surface area contributed by atoms with Crippen LogP contribution in [0.25, 0.3) is 10.8 Å². The molecule has 2 amide bonds. The normalized spacial score (nSPS) is 15.2. The van der Waals surface area contributed by atoms with Gasteiger partial charge in [0.2, 0.25) is 0 Å². The standard InChI is InChI=1S/C23H19NO5/c1-23(22(27)29-3,24-20(25)18-6-4-5-7-19(18)21(24)26)16-10-8-15-13-17(28-2)11-9-14(15)12-16/h4-13H,1-3H3. The first kappa shape index (κ1) is 18.7. The Morgan fingerprint density at radius 2 is 1.45 bits per heavy atom. The Balaban J connectivity index is 1.89. The Bertz CT molecular complexity index is 1130. The summed E-state index contributed by atoms with van der Waals surface area (Å²) in [5, 5.41) is 1.75. The summed E-state index contributed by atoms with van der Waals surface area (Å²) in [5.41, 5.74) is -0.580. The zero-order valence-corrected chi connectivity index (χ0v) is 16.3. The number of fused-ring (bicyclic) bond motifs is 2. The second-order valence-corrected chi connectivity index (χ2v) is 6.98. The highest BCUT2D eigenvalue weighted by Crippen LogP contribution is 2.38. The fourth-order valence-electron chi connectivity index (χ4n) is 3.79. The number of esters is 1. The van der Waals surface area contributed by atoms with Gasteiger partial charge >= 0.3 is 5.97 Å². The molecule has 0 fully saturated rings. The van der Waals surface area contributed by atoms with Crippen molar-refractivity contribution in [3.05, 3.63) is 77.4 Å². The van der Waals surface area contributed by atoms with E-state index in [1.54, 1.807) is 43.5 Å². The van der Waals surface area contributed by atoms with E-state index in [0.29, 0.717) is 11.3 Å². The predicted molar refractivity (Wildman–Crippen MR) is 107 cm³/mol. The van der Waals surface area contributed by atoms with Crippen LogP contribution in [0.1, 0.15) is 33.2 Å². The van der Waals surface area contributed by atoms with Crippen molar-refractivity contribution in [2.75, 3.05) is 14.2 Å². The first-order valence-electron chi connectivity index (χ1n) is 9.06. The van der Waals surface area contributed by atoms with Crippen molar-refractivity contribution in [1.29, 1.82) is 0 Å². The van der Waals surface area contributed by atoms with Crippen molar-refractivity contribution in [2.24, 2.45) is 0 Å². The summed E-state index contributed by atoms with van der Waals surface area (Å²) in [5.74, 6) is -1.03. The molecule has 3 aromatic carbocycles. The van der Waals surface area contributed by atoms with E-state index < -0.39 is 23.3 Å². The number of rotatable bonds is 4. The maximum absolute atomic E-state index is 13.1. The smallest absolute Gasteiger partial charge is 0.336 e. The van der Waals surface area contributed by atoms with Gasteiger partial charge in [-0.25, -0.2) is 4.79 Å². The number of ether oxygens (including phenoxy) is 2. The Kier molecular flexibility index (Phi) is 4.34. The van der Waals surface area contributed by atoms with Crippen molar-refractivity contribution in [3.8, 4) is 5.75 Å². The summed E-state index contributed by atoms with van der Waals surface area (Å²) in [4.78, 5) is 40.1. The van der Waals surface area contributed by atoms with Crippen molar-refractivity contribution < 1.29 is 23.9 Å². The van der Waals surface area contributed by atoms with Crippen LogP contribution in [0.15, 0.2) is 60.7 Å². The Morgan fingerprint density at radius 1 is 0.862 bits per heavy atom. The van der Waals surface area contributed by atoms with Crippen molar-refractivity contribution in [1.82, 2.24) is 4.90 Å². The first-order valence-corrected chi connectivity index (χ1v) is 9.06. The maximum atomic E-state index is 13.1. The highest BCUT2D eigenvalue weighted by Gasteiger charge is 2.52. The minimum absolute atomic E-state index is 0.276. The first-order chi connectivity index (χ1) is 13.9. The zero-order valence-electron chi connectivity index (χ0n) is 16.3. The van der Waals surface area contributed by atoms with Crippen LogP contribution in [0.2, 0.25) is 0 Å². The van der Waals surface area contributed by atoms with Gasteiger partial charge in [0, 0.05) is 0 Å². The highest BCUT2D eigenvalue weighted by molar-refractivity contribution is 6.23. The third-order valence-electron chi connectivity index (χ3n) is 5.43. The van der Waals surface area contributed by atoms with Crippen molar-refractivity contribution >= 4 is 28.6 Å². The number of methoxy groups -OCH3 is 2. The van der Waals surface area contributed by atoms with Crippen LogP contribution in [0, 0.1) is 0 Å². The van der Waals surface area contributed by atoms with Gasteiger partial charge in [0.1, 0.15) is 5.75 Å². The minimum atomic E-state index is -1.62. The van der Waals surface area contributed by atoms with Gasteiger partial charge in [-0.1, -0.05) is 30.3 Å². The summed E-state index contributed by atoms with van der Waals surface area (Å²) < 4.78 is 10.3. The highest BCUT2D eigenvalue weighted by atomic mass is 16.5. The summed E-state index contributed by atoms with van der Waals surface area (Å²) in [6, 6.07) is 17.4. The van der Waals surface area contributed by atoms with E-state index >= 15 is 0 Å². The molecule has 146 valence electrons. The second-order valence-electron chi connectivity index (χ2n) is 6.98. The number of amides is 2. The van der Waals surface area contributed by atoms with Gasteiger partial charge < -0.3 is 9.47 Å². The Hall–Kier alpha value is -3.67. The SMILES string of the molecule is COC(=O)C(C)(c1ccc2cc(OC)ccc2c1)N1C(=O)c2ccccc2C1=O. The Morgan fingerprint density at radius 3 is 2.03 bits per heavy atom. The molecule has 1 aliphatic rings. The molecule has 6 nitrogen and oxygen atoms in total. The monoisotopic (exact) mass is 389 g/mol. The van der Waals surface area contributed by atoms with E-state index in [1.165, 1.54) is 14.0 Å².